The van der Waals surface area contributed by atoms with Gasteiger partial charge in [0.05, 0.1) is 17.5 Å². The van der Waals surface area contributed by atoms with Gasteiger partial charge < -0.3 is 15.4 Å². The molecule has 26 heavy (non-hydrogen) atoms. The first-order valence-electron chi connectivity index (χ1n) is 7.79. The molecule has 1 heterocycles. The Labute approximate surface area is 154 Å². The molecule has 3 N–H and O–H groups in total. The lowest BCUT2D eigenvalue weighted by molar-refractivity contribution is -0.137. The lowest BCUT2D eigenvalue weighted by atomic mass is 10.0. The van der Waals surface area contributed by atoms with E-state index in [1.807, 2.05) is 0 Å². The number of H-pyrrole nitrogens is 1. The first-order chi connectivity index (χ1) is 12.1. The Hall–Kier alpha value is -2.67. The third-order valence-corrected chi connectivity index (χ3v) is 4.35. The van der Waals surface area contributed by atoms with Gasteiger partial charge in [-0.3, -0.25) is 14.4 Å². The van der Waals surface area contributed by atoms with Crippen LogP contribution >= 0.6 is 11.6 Å². The molecular formula is C18H18ClFN2O4. The molecule has 1 amide bonds. The third-order valence-electron chi connectivity index (χ3n) is 4.05. The minimum atomic E-state index is -1.16. The van der Waals surface area contributed by atoms with Crippen LogP contribution in [0.25, 0.3) is 0 Å². The maximum absolute atomic E-state index is 13.7. The van der Waals surface area contributed by atoms with Crippen LogP contribution in [-0.2, 0) is 4.79 Å². The van der Waals surface area contributed by atoms with Gasteiger partial charge in [-0.15, -0.1) is 0 Å². The zero-order chi connectivity index (χ0) is 19.6. The van der Waals surface area contributed by atoms with Crippen LogP contribution in [0.2, 0.25) is 5.02 Å². The maximum Gasteiger partial charge on any atom is 0.305 e. The molecule has 2 rings (SSSR count). The van der Waals surface area contributed by atoms with Crippen molar-refractivity contribution in [2.45, 2.75) is 33.2 Å². The molecule has 0 saturated heterocycles. The van der Waals surface area contributed by atoms with Gasteiger partial charge in [0.25, 0.3) is 5.91 Å². The van der Waals surface area contributed by atoms with E-state index < -0.39 is 30.2 Å². The normalized spacial score (nSPS) is 11.9. The number of ketones is 1. The molecule has 1 atom stereocenters. The van der Waals surface area contributed by atoms with E-state index in [2.05, 4.69) is 10.3 Å². The number of halogens is 2. The number of rotatable bonds is 6. The summed E-state index contributed by atoms with van der Waals surface area (Å²) in [7, 11) is 0. The summed E-state index contributed by atoms with van der Waals surface area (Å²) in [6, 6.07) is 2.87. The molecule has 0 aliphatic rings. The van der Waals surface area contributed by atoms with Crippen molar-refractivity contribution in [3.8, 4) is 0 Å². The third kappa shape index (κ3) is 4.11. The monoisotopic (exact) mass is 380 g/mol. The number of aromatic nitrogens is 1. The molecule has 2 aromatic rings. The molecule has 0 aliphatic heterocycles. The Morgan fingerprint density at radius 3 is 2.46 bits per heavy atom. The summed E-state index contributed by atoms with van der Waals surface area (Å²) in [6.07, 6.45) is -0.439. The molecule has 8 heteroatoms. The fraction of sp³-hybridized carbons (Fsp3) is 0.278. The summed E-state index contributed by atoms with van der Waals surface area (Å²) >= 11 is 5.65. The highest BCUT2D eigenvalue weighted by molar-refractivity contribution is 6.30. The number of carboxylic acid groups (broad SMARTS) is 1. The van der Waals surface area contributed by atoms with Crippen LogP contribution < -0.4 is 5.32 Å². The number of hydrogen-bond donors (Lipinski definition) is 3. The molecule has 1 unspecified atom stereocenters. The topological polar surface area (TPSA) is 99.3 Å². The lowest BCUT2D eigenvalue weighted by Crippen LogP contribution is -2.31. The molecule has 0 radical (unpaired) electrons. The van der Waals surface area contributed by atoms with Gasteiger partial charge in [0, 0.05) is 11.3 Å². The second-order valence-corrected chi connectivity index (χ2v) is 6.39. The average Bonchev–Trinajstić information content (AvgIpc) is 2.83. The number of nitrogens with one attached hydrogen (secondary N) is 2. The minimum absolute atomic E-state index is 0.101. The largest absolute Gasteiger partial charge is 0.481 e. The molecular weight excluding hydrogens is 363 g/mol. The Balaban J connectivity index is 2.35. The highest BCUT2D eigenvalue weighted by Gasteiger charge is 2.24. The van der Waals surface area contributed by atoms with Crippen molar-refractivity contribution in [3.63, 3.8) is 0 Å². The number of aromatic amines is 1. The van der Waals surface area contributed by atoms with E-state index in [4.69, 9.17) is 16.7 Å². The summed E-state index contributed by atoms with van der Waals surface area (Å²) in [5.74, 6) is -2.63. The predicted molar refractivity (Wildman–Crippen MR) is 94.1 cm³/mol. The van der Waals surface area contributed by atoms with Gasteiger partial charge in [-0.25, -0.2) is 4.39 Å². The van der Waals surface area contributed by atoms with E-state index in [1.165, 1.54) is 19.1 Å². The molecule has 138 valence electrons. The van der Waals surface area contributed by atoms with Crippen molar-refractivity contribution in [3.05, 3.63) is 57.1 Å². The van der Waals surface area contributed by atoms with Crippen LogP contribution in [0.1, 0.15) is 57.1 Å². The summed E-state index contributed by atoms with van der Waals surface area (Å²) in [5, 5.41) is 11.6. The molecule has 0 saturated carbocycles. The number of carbonyl (C=O) groups is 3. The number of amides is 1. The molecule has 0 aliphatic carbocycles. The average molecular weight is 381 g/mol. The second kappa shape index (κ2) is 7.70. The van der Waals surface area contributed by atoms with Crippen molar-refractivity contribution >= 4 is 29.3 Å². The summed E-state index contributed by atoms with van der Waals surface area (Å²) in [5.41, 5.74) is 1.88. The number of aliphatic carboxylic acids is 1. The Bertz CT molecular complexity index is 892. The first-order valence-corrected chi connectivity index (χ1v) is 8.17. The Kier molecular flexibility index (Phi) is 5.82. The van der Waals surface area contributed by atoms with Crippen LogP contribution in [0.15, 0.2) is 18.2 Å². The second-order valence-electron chi connectivity index (χ2n) is 5.98. The van der Waals surface area contributed by atoms with Gasteiger partial charge >= 0.3 is 5.97 Å². The fourth-order valence-corrected chi connectivity index (χ4v) is 3.01. The van der Waals surface area contributed by atoms with Crippen LogP contribution in [-0.4, -0.2) is 27.8 Å². The quantitative estimate of drug-likeness (QED) is 0.667. The van der Waals surface area contributed by atoms with Crippen molar-refractivity contribution < 1.29 is 23.9 Å². The van der Waals surface area contributed by atoms with E-state index >= 15 is 0 Å². The van der Waals surface area contributed by atoms with Gasteiger partial charge in [0.1, 0.15) is 11.5 Å². The number of carbonyl (C=O) groups excluding carboxylic acids is 2. The van der Waals surface area contributed by atoms with E-state index in [0.29, 0.717) is 16.8 Å². The molecule has 0 fully saturated rings. The number of benzene rings is 1. The maximum atomic E-state index is 13.7. The minimum Gasteiger partial charge on any atom is -0.481 e. The number of carboxylic acids is 1. The van der Waals surface area contributed by atoms with E-state index in [1.54, 1.807) is 13.8 Å². The van der Waals surface area contributed by atoms with Crippen LogP contribution in [0.4, 0.5) is 4.39 Å². The molecule has 1 aromatic carbocycles. The van der Waals surface area contributed by atoms with Crippen LogP contribution in [0, 0.1) is 19.7 Å². The van der Waals surface area contributed by atoms with E-state index in [9.17, 15) is 18.8 Å². The van der Waals surface area contributed by atoms with Crippen molar-refractivity contribution in [2.24, 2.45) is 0 Å². The van der Waals surface area contributed by atoms with Crippen molar-refractivity contribution in [1.82, 2.24) is 10.3 Å². The Morgan fingerprint density at radius 2 is 1.96 bits per heavy atom. The highest BCUT2D eigenvalue weighted by atomic mass is 35.5. The number of Topliss-reactive ketones (excluding diaryl/α,β-unsaturated/α-hetero) is 1. The SMILES string of the molecule is CC(=O)c1c(C)[nH]c(C(=O)NC(CC(=O)O)c2ccc(Cl)c(F)c2)c1C. The summed E-state index contributed by atoms with van der Waals surface area (Å²) in [6.45, 7) is 4.70. The fourth-order valence-electron chi connectivity index (χ4n) is 2.89. The molecule has 0 spiro atoms. The predicted octanol–water partition coefficient (Wildman–Crippen LogP) is 3.57. The summed E-state index contributed by atoms with van der Waals surface area (Å²) < 4.78 is 13.7. The van der Waals surface area contributed by atoms with Crippen molar-refractivity contribution in [2.75, 3.05) is 0 Å². The van der Waals surface area contributed by atoms with Gasteiger partial charge in [-0.1, -0.05) is 17.7 Å². The number of hydrogen-bond acceptors (Lipinski definition) is 3. The van der Waals surface area contributed by atoms with E-state index in [0.717, 1.165) is 6.07 Å². The highest BCUT2D eigenvalue weighted by Crippen LogP contribution is 2.24. The summed E-state index contributed by atoms with van der Waals surface area (Å²) in [4.78, 5) is 38.3. The number of aryl methyl sites for hydroxylation is 1. The zero-order valence-corrected chi connectivity index (χ0v) is 15.2. The molecule has 1 aromatic heterocycles. The van der Waals surface area contributed by atoms with Gasteiger partial charge in [0.15, 0.2) is 5.78 Å². The lowest BCUT2D eigenvalue weighted by Gasteiger charge is -2.18. The Morgan fingerprint density at radius 1 is 1.31 bits per heavy atom. The smallest absolute Gasteiger partial charge is 0.305 e. The first kappa shape index (κ1) is 19.7. The van der Waals surface area contributed by atoms with Gasteiger partial charge in [-0.2, -0.15) is 0 Å². The van der Waals surface area contributed by atoms with Gasteiger partial charge in [-0.05, 0) is 44.0 Å². The van der Waals surface area contributed by atoms with E-state index in [-0.39, 0.29) is 22.1 Å². The molecule has 0 bridgehead atoms. The van der Waals surface area contributed by atoms with Crippen molar-refractivity contribution in [1.29, 1.82) is 0 Å². The standard InChI is InChI=1S/C18H18ClFN2O4/c1-8-16(10(3)23)9(2)21-17(8)18(26)22-14(7-15(24)25)11-4-5-12(19)13(20)6-11/h4-6,14,21H,7H2,1-3H3,(H,22,26)(H,24,25). The van der Waals surface area contributed by atoms with Crippen LogP contribution in [0.3, 0.4) is 0 Å². The molecule has 6 nitrogen and oxygen atoms in total. The van der Waals surface area contributed by atoms with Gasteiger partial charge in [0.2, 0.25) is 0 Å². The zero-order valence-electron chi connectivity index (χ0n) is 14.4. The van der Waals surface area contributed by atoms with Crippen LogP contribution in [0.5, 0.6) is 0 Å².